The molecule has 0 amide bonds. The van der Waals surface area contributed by atoms with Crippen molar-refractivity contribution in [2.24, 2.45) is 0 Å². The Morgan fingerprint density at radius 1 is 1.00 bits per heavy atom. The Hall–Kier alpha value is -1.19. The van der Waals surface area contributed by atoms with Crippen LogP contribution in [0.4, 0.5) is 0 Å². The second kappa shape index (κ2) is 4.00. The topological polar surface area (TPSA) is 12.9 Å². The van der Waals surface area contributed by atoms with E-state index in [0.717, 1.165) is 3.79 Å². The molecule has 2 heterocycles. The maximum atomic E-state index is 4.11. The van der Waals surface area contributed by atoms with Crippen molar-refractivity contribution in [2.75, 3.05) is 0 Å². The molecule has 3 aromatic rings. The summed E-state index contributed by atoms with van der Waals surface area (Å²) in [7, 11) is 0. The van der Waals surface area contributed by atoms with Gasteiger partial charge in [0.05, 0.1) is 3.79 Å². The normalized spacial score (nSPS) is 10.8. The first-order chi connectivity index (χ1) is 7.83. The van der Waals surface area contributed by atoms with Gasteiger partial charge in [0.15, 0.2) is 0 Å². The molecule has 0 aliphatic rings. The van der Waals surface area contributed by atoms with Crippen LogP contribution in [0.3, 0.4) is 0 Å². The Labute approximate surface area is 106 Å². The van der Waals surface area contributed by atoms with Crippen molar-refractivity contribution in [3.63, 3.8) is 0 Å². The summed E-state index contributed by atoms with van der Waals surface area (Å²) in [6.45, 7) is 0. The van der Waals surface area contributed by atoms with Gasteiger partial charge in [0, 0.05) is 22.7 Å². The monoisotopic (exact) mass is 289 g/mol. The predicted molar refractivity (Wildman–Crippen MR) is 72.8 cm³/mol. The van der Waals surface area contributed by atoms with E-state index < -0.39 is 0 Å². The zero-order valence-corrected chi connectivity index (χ0v) is 10.8. The largest absolute Gasteiger partial charge is 0.264 e. The number of thiophene rings is 1. The predicted octanol–water partition coefficient (Wildman–Crippen LogP) is 4.73. The van der Waals surface area contributed by atoms with Gasteiger partial charge in [-0.05, 0) is 51.1 Å². The van der Waals surface area contributed by atoms with Crippen LogP contribution in [-0.2, 0) is 0 Å². The molecule has 3 heteroatoms. The Balaban J connectivity index is 2.18. The summed E-state index contributed by atoms with van der Waals surface area (Å²) in [5.74, 6) is 0. The summed E-state index contributed by atoms with van der Waals surface area (Å²) in [5.41, 5.74) is 1.26. The van der Waals surface area contributed by atoms with E-state index in [0.29, 0.717) is 0 Å². The standard InChI is InChI=1S/C13H8BrNS/c14-13-4-3-12(16-13)10-1-2-11-8-15-6-5-9(11)7-10/h1-8H. The summed E-state index contributed by atoms with van der Waals surface area (Å²) < 4.78 is 1.16. The van der Waals surface area contributed by atoms with Gasteiger partial charge in [-0.15, -0.1) is 11.3 Å². The van der Waals surface area contributed by atoms with E-state index in [-0.39, 0.29) is 0 Å². The molecule has 0 unspecified atom stereocenters. The third-order valence-corrected chi connectivity index (χ3v) is 4.17. The Bertz CT molecular complexity index is 645. The highest BCUT2D eigenvalue weighted by molar-refractivity contribution is 9.11. The number of fused-ring (bicyclic) bond motifs is 1. The Kier molecular flexibility index (Phi) is 2.50. The van der Waals surface area contributed by atoms with Crippen LogP contribution in [0.2, 0.25) is 0 Å². The fourth-order valence-electron chi connectivity index (χ4n) is 1.71. The third kappa shape index (κ3) is 1.77. The molecule has 0 aliphatic carbocycles. The summed E-state index contributed by atoms with van der Waals surface area (Å²) >= 11 is 5.24. The highest BCUT2D eigenvalue weighted by atomic mass is 79.9. The van der Waals surface area contributed by atoms with Crippen LogP contribution in [-0.4, -0.2) is 4.98 Å². The number of benzene rings is 1. The maximum absolute atomic E-state index is 4.11. The van der Waals surface area contributed by atoms with Crippen molar-refractivity contribution in [1.29, 1.82) is 0 Å². The number of aromatic nitrogens is 1. The van der Waals surface area contributed by atoms with Crippen molar-refractivity contribution in [3.8, 4) is 10.4 Å². The Morgan fingerprint density at radius 2 is 1.94 bits per heavy atom. The van der Waals surface area contributed by atoms with Crippen LogP contribution in [0.15, 0.2) is 52.6 Å². The van der Waals surface area contributed by atoms with Crippen LogP contribution in [0.5, 0.6) is 0 Å². The second-order valence-electron chi connectivity index (χ2n) is 3.54. The van der Waals surface area contributed by atoms with E-state index in [2.05, 4.69) is 51.2 Å². The fraction of sp³-hybridized carbons (Fsp3) is 0. The van der Waals surface area contributed by atoms with Crippen LogP contribution >= 0.6 is 27.3 Å². The van der Waals surface area contributed by atoms with Crippen LogP contribution in [0.25, 0.3) is 21.2 Å². The van der Waals surface area contributed by atoms with E-state index in [4.69, 9.17) is 0 Å². The highest BCUT2D eigenvalue weighted by Gasteiger charge is 2.02. The van der Waals surface area contributed by atoms with E-state index in [1.807, 2.05) is 18.5 Å². The minimum absolute atomic E-state index is 1.16. The first-order valence-corrected chi connectivity index (χ1v) is 6.53. The zero-order valence-electron chi connectivity index (χ0n) is 8.35. The quantitative estimate of drug-likeness (QED) is 0.631. The molecule has 0 spiro atoms. The summed E-state index contributed by atoms with van der Waals surface area (Å²) in [6, 6.07) is 12.7. The van der Waals surface area contributed by atoms with Gasteiger partial charge in [-0.25, -0.2) is 0 Å². The Morgan fingerprint density at radius 3 is 2.75 bits per heavy atom. The summed E-state index contributed by atoms with van der Waals surface area (Å²) in [5, 5.41) is 2.42. The van der Waals surface area contributed by atoms with E-state index in [1.165, 1.54) is 21.2 Å². The molecule has 0 radical (unpaired) electrons. The molecule has 0 aliphatic heterocycles. The van der Waals surface area contributed by atoms with Gasteiger partial charge in [-0.1, -0.05) is 12.1 Å². The lowest BCUT2D eigenvalue weighted by atomic mass is 10.1. The molecule has 0 N–H and O–H groups in total. The molecule has 3 rings (SSSR count). The molecule has 1 aromatic carbocycles. The van der Waals surface area contributed by atoms with Gasteiger partial charge >= 0.3 is 0 Å². The molecule has 1 nitrogen and oxygen atoms in total. The molecular weight excluding hydrogens is 282 g/mol. The van der Waals surface area contributed by atoms with Crippen molar-refractivity contribution < 1.29 is 0 Å². The maximum Gasteiger partial charge on any atom is 0.0705 e. The van der Waals surface area contributed by atoms with E-state index >= 15 is 0 Å². The molecule has 78 valence electrons. The van der Waals surface area contributed by atoms with Gasteiger partial charge < -0.3 is 0 Å². The molecule has 2 aromatic heterocycles. The van der Waals surface area contributed by atoms with Crippen LogP contribution < -0.4 is 0 Å². The minimum atomic E-state index is 1.16. The molecule has 0 atom stereocenters. The minimum Gasteiger partial charge on any atom is -0.264 e. The third-order valence-electron chi connectivity index (χ3n) is 2.50. The average Bonchev–Trinajstić information content (AvgIpc) is 2.75. The lowest BCUT2D eigenvalue weighted by Gasteiger charge is -2.00. The van der Waals surface area contributed by atoms with Gasteiger partial charge in [0.2, 0.25) is 0 Å². The molecular formula is C13H8BrNS. The number of nitrogens with zero attached hydrogens (tertiary/aromatic N) is 1. The van der Waals surface area contributed by atoms with Crippen LogP contribution in [0.1, 0.15) is 0 Å². The molecule has 0 fully saturated rings. The van der Waals surface area contributed by atoms with Crippen molar-refractivity contribution in [3.05, 3.63) is 52.6 Å². The smallest absolute Gasteiger partial charge is 0.0705 e. The number of hydrogen-bond donors (Lipinski definition) is 0. The van der Waals surface area contributed by atoms with Gasteiger partial charge in [-0.3, -0.25) is 4.98 Å². The summed E-state index contributed by atoms with van der Waals surface area (Å²) in [6.07, 6.45) is 3.72. The number of halogens is 1. The lowest BCUT2D eigenvalue weighted by molar-refractivity contribution is 1.36. The van der Waals surface area contributed by atoms with Gasteiger partial charge in [0.1, 0.15) is 0 Å². The first-order valence-electron chi connectivity index (χ1n) is 4.92. The highest BCUT2D eigenvalue weighted by Crippen LogP contribution is 2.32. The SMILES string of the molecule is Brc1ccc(-c2ccc3cnccc3c2)s1. The number of rotatable bonds is 1. The first kappa shape index (κ1) is 10.00. The average molecular weight is 290 g/mol. The number of hydrogen-bond acceptors (Lipinski definition) is 2. The second-order valence-corrected chi connectivity index (χ2v) is 6.00. The van der Waals surface area contributed by atoms with Crippen molar-refractivity contribution in [1.82, 2.24) is 4.98 Å². The van der Waals surface area contributed by atoms with Crippen LogP contribution in [0, 0.1) is 0 Å². The van der Waals surface area contributed by atoms with E-state index in [1.54, 1.807) is 11.3 Å². The zero-order chi connectivity index (χ0) is 11.0. The fourth-order valence-corrected chi connectivity index (χ4v) is 3.09. The lowest BCUT2D eigenvalue weighted by Crippen LogP contribution is -1.76. The van der Waals surface area contributed by atoms with E-state index in [9.17, 15) is 0 Å². The molecule has 0 saturated heterocycles. The molecule has 0 saturated carbocycles. The number of pyridine rings is 1. The van der Waals surface area contributed by atoms with Crippen molar-refractivity contribution >= 4 is 38.0 Å². The van der Waals surface area contributed by atoms with Crippen molar-refractivity contribution in [2.45, 2.75) is 0 Å². The molecule has 0 bridgehead atoms. The van der Waals surface area contributed by atoms with Gasteiger partial charge in [-0.2, -0.15) is 0 Å². The summed E-state index contributed by atoms with van der Waals surface area (Å²) in [4.78, 5) is 5.40. The van der Waals surface area contributed by atoms with Gasteiger partial charge in [0.25, 0.3) is 0 Å². The molecule has 16 heavy (non-hydrogen) atoms.